The zero-order chi connectivity index (χ0) is 35.3. The largest absolute Gasteiger partial charge is 0.488 e. The Labute approximate surface area is 296 Å². The van der Waals surface area contributed by atoms with Crippen LogP contribution in [0.15, 0.2) is 67.0 Å². The zero-order valence-electron chi connectivity index (χ0n) is 27.8. The molecule has 1 fully saturated rings. The lowest BCUT2D eigenvalue weighted by Gasteiger charge is -2.34. The molecular weight excluding hydrogens is 680 g/mol. The number of carbonyl (C=O) groups is 1. The first kappa shape index (κ1) is 35.0. The van der Waals surface area contributed by atoms with Crippen LogP contribution in [0.4, 0.5) is 0 Å². The molecule has 0 radical (unpaired) electrons. The van der Waals surface area contributed by atoms with Crippen molar-refractivity contribution in [3.63, 3.8) is 0 Å². The van der Waals surface area contributed by atoms with Crippen LogP contribution in [0.5, 0.6) is 23.0 Å². The topological polar surface area (TPSA) is 140 Å². The van der Waals surface area contributed by atoms with Crippen molar-refractivity contribution in [3.05, 3.63) is 99.8 Å². The summed E-state index contributed by atoms with van der Waals surface area (Å²) in [6.45, 7) is 4.30. The molecular formula is C37H37ClN4O7S. The number of fused-ring (bicyclic) bond motifs is 1. The molecule has 1 N–H and O–H groups in total. The first-order valence-corrected chi connectivity index (χ1v) is 18.5. The van der Waals surface area contributed by atoms with Gasteiger partial charge in [0.15, 0.2) is 11.5 Å². The van der Waals surface area contributed by atoms with Gasteiger partial charge in [-0.25, -0.2) is 8.42 Å². The van der Waals surface area contributed by atoms with Gasteiger partial charge in [-0.3, -0.25) is 19.4 Å². The van der Waals surface area contributed by atoms with Gasteiger partial charge in [0.25, 0.3) is 5.91 Å². The summed E-state index contributed by atoms with van der Waals surface area (Å²) in [5, 5.41) is 9.69. The van der Waals surface area contributed by atoms with E-state index in [0.29, 0.717) is 59.4 Å². The van der Waals surface area contributed by atoms with Crippen molar-refractivity contribution in [3.8, 4) is 40.2 Å². The SMILES string of the molecule is Cc1c(COc2cc(OCc3cncc(C#N)c3)c(CN3CCCC[C@H]3C(=O)NS(C)(=O)=O)cc2Cl)cccc1-c1ccc2c(c1)OCCO2. The number of hydrogen-bond donors (Lipinski definition) is 1. The van der Waals surface area contributed by atoms with Crippen molar-refractivity contribution in [1.82, 2.24) is 14.6 Å². The Morgan fingerprint density at radius 3 is 2.62 bits per heavy atom. The number of carbonyl (C=O) groups excluding carboxylic acids is 1. The van der Waals surface area contributed by atoms with Crippen LogP contribution in [0.3, 0.4) is 0 Å². The molecule has 0 aliphatic carbocycles. The highest BCUT2D eigenvalue weighted by molar-refractivity contribution is 7.89. The summed E-state index contributed by atoms with van der Waals surface area (Å²) in [4.78, 5) is 19.0. The van der Waals surface area contributed by atoms with Gasteiger partial charge in [0.1, 0.15) is 44.0 Å². The molecule has 1 aromatic heterocycles. The third-order valence-electron chi connectivity index (χ3n) is 8.69. The molecule has 3 heterocycles. The summed E-state index contributed by atoms with van der Waals surface area (Å²) < 4.78 is 49.9. The van der Waals surface area contributed by atoms with Crippen LogP contribution < -0.4 is 23.7 Å². The lowest BCUT2D eigenvalue weighted by Crippen LogP contribution is -2.50. The highest BCUT2D eigenvalue weighted by Gasteiger charge is 2.31. The molecule has 0 saturated carbocycles. The molecule has 1 saturated heterocycles. The predicted molar refractivity (Wildman–Crippen MR) is 188 cm³/mol. The monoisotopic (exact) mass is 716 g/mol. The lowest BCUT2D eigenvalue weighted by molar-refractivity contribution is -0.126. The summed E-state index contributed by atoms with van der Waals surface area (Å²) in [6.07, 6.45) is 6.24. The summed E-state index contributed by atoms with van der Waals surface area (Å²) in [5.41, 5.74) is 5.85. The highest BCUT2D eigenvalue weighted by atomic mass is 35.5. The number of hydrogen-bond acceptors (Lipinski definition) is 10. The number of nitriles is 1. The minimum absolute atomic E-state index is 0.116. The average molecular weight is 717 g/mol. The molecule has 2 aliphatic rings. The maximum Gasteiger partial charge on any atom is 0.250 e. The van der Waals surface area contributed by atoms with Gasteiger partial charge in [0.2, 0.25) is 10.0 Å². The maximum absolute atomic E-state index is 13.0. The molecule has 260 valence electrons. The Hall–Kier alpha value is -4.83. The van der Waals surface area contributed by atoms with E-state index in [2.05, 4.69) is 21.8 Å². The van der Waals surface area contributed by atoms with E-state index >= 15 is 0 Å². The molecule has 1 atom stereocenters. The summed E-state index contributed by atoms with van der Waals surface area (Å²) in [6, 6.07) is 18.6. The van der Waals surface area contributed by atoms with Crippen LogP contribution in [0, 0.1) is 18.3 Å². The fourth-order valence-corrected chi connectivity index (χ4v) is 6.94. The standard InChI is InChI=1S/C37H37ClN4O7S/c1-24-28(6-5-7-30(24)27-9-10-33-36(16-27)47-13-12-46-33)23-49-35-17-34(48-22-26-14-25(18-39)19-40-20-26)29(15-31(35)38)21-42-11-4-3-8-32(42)37(43)41-50(2,44)45/h5-7,9-10,14-17,19-20,32H,3-4,8,11-13,21-23H2,1-2H3,(H,41,43)/t32-/m0/s1. The Bertz CT molecular complexity index is 2050. The van der Waals surface area contributed by atoms with Crippen LogP contribution in [-0.2, 0) is 34.6 Å². The van der Waals surface area contributed by atoms with Crippen molar-refractivity contribution in [2.75, 3.05) is 26.0 Å². The molecule has 3 aromatic carbocycles. The molecule has 0 spiro atoms. The van der Waals surface area contributed by atoms with E-state index in [-0.39, 0.29) is 19.8 Å². The number of rotatable bonds is 11. The summed E-state index contributed by atoms with van der Waals surface area (Å²) in [7, 11) is -3.72. The second kappa shape index (κ2) is 15.4. The molecule has 50 heavy (non-hydrogen) atoms. The van der Waals surface area contributed by atoms with E-state index in [1.165, 1.54) is 6.20 Å². The van der Waals surface area contributed by atoms with E-state index in [1.807, 2.05) is 42.2 Å². The number of ether oxygens (including phenoxy) is 4. The third kappa shape index (κ3) is 8.48. The zero-order valence-corrected chi connectivity index (χ0v) is 29.4. The highest BCUT2D eigenvalue weighted by Crippen LogP contribution is 2.38. The van der Waals surface area contributed by atoms with Crippen LogP contribution in [0.2, 0.25) is 5.02 Å². The summed E-state index contributed by atoms with van der Waals surface area (Å²) >= 11 is 6.83. The fraction of sp³-hybridized carbons (Fsp3) is 0.324. The molecule has 0 unspecified atom stereocenters. The molecule has 6 rings (SSSR count). The van der Waals surface area contributed by atoms with Crippen molar-refractivity contribution in [2.45, 2.75) is 52.0 Å². The van der Waals surface area contributed by atoms with Crippen molar-refractivity contribution in [2.24, 2.45) is 0 Å². The molecule has 11 nitrogen and oxygen atoms in total. The third-order valence-corrected chi connectivity index (χ3v) is 9.56. The second-order valence-corrected chi connectivity index (χ2v) is 14.5. The van der Waals surface area contributed by atoms with E-state index in [4.69, 9.17) is 30.5 Å². The smallest absolute Gasteiger partial charge is 0.250 e. The Kier molecular flexibility index (Phi) is 10.8. The number of nitrogens with zero attached hydrogens (tertiary/aromatic N) is 3. The van der Waals surface area contributed by atoms with Crippen LogP contribution >= 0.6 is 11.6 Å². The van der Waals surface area contributed by atoms with E-state index in [0.717, 1.165) is 52.9 Å². The number of pyridine rings is 1. The predicted octanol–water partition coefficient (Wildman–Crippen LogP) is 5.94. The lowest BCUT2D eigenvalue weighted by atomic mass is 9.96. The number of halogens is 1. The number of amides is 1. The average Bonchev–Trinajstić information content (AvgIpc) is 3.10. The Morgan fingerprint density at radius 2 is 1.82 bits per heavy atom. The minimum Gasteiger partial charge on any atom is -0.488 e. The van der Waals surface area contributed by atoms with Crippen molar-refractivity contribution < 1.29 is 32.2 Å². The molecule has 13 heteroatoms. The maximum atomic E-state index is 13.0. The normalized spacial score (nSPS) is 15.9. The van der Waals surface area contributed by atoms with Crippen LogP contribution in [0.1, 0.15) is 47.1 Å². The van der Waals surface area contributed by atoms with Crippen LogP contribution in [-0.4, -0.2) is 56.3 Å². The quantitative estimate of drug-likeness (QED) is 0.198. The van der Waals surface area contributed by atoms with Crippen molar-refractivity contribution in [1.29, 1.82) is 5.26 Å². The van der Waals surface area contributed by atoms with E-state index < -0.39 is 22.0 Å². The fourth-order valence-electron chi connectivity index (χ4n) is 6.20. The number of piperidine rings is 1. The van der Waals surface area contributed by atoms with Gasteiger partial charge in [-0.05, 0) is 72.8 Å². The Balaban J connectivity index is 1.26. The first-order chi connectivity index (χ1) is 24.1. The number of sulfonamides is 1. The van der Waals surface area contributed by atoms with Gasteiger partial charge in [0, 0.05) is 36.1 Å². The van der Waals surface area contributed by atoms with Gasteiger partial charge in [0.05, 0.1) is 22.9 Å². The van der Waals surface area contributed by atoms with Gasteiger partial charge in [-0.1, -0.05) is 42.3 Å². The Morgan fingerprint density at radius 1 is 1.02 bits per heavy atom. The van der Waals surface area contributed by atoms with Crippen LogP contribution in [0.25, 0.3) is 11.1 Å². The second-order valence-electron chi connectivity index (χ2n) is 12.3. The number of benzene rings is 3. The molecule has 4 aromatic rings. The van der Waals surface area contributed by atoms with Gasteiger partial charge >= 0.3 is 0 Å². The summed E-state index contributed by atoms with van der Waals surface area (Å²) in [5.74, 6) is 1.77. The minimum atomic E-state index is -3.72. The number of nitrogens with one attached hydrogen (secondary N) is 1. The van der Waals surface area contributed by atoms with E-state index in [9.17, 15) is 18.5 Å². The van der Waals surface area contributed by atoms with E-state index in [1.54, 1.807) is 24.4 Å². The van der Waals surface area contributed by atoms with Crippen molar-refractivity contribution >= 4 is 27.5 Å². The number of likely N-dealkylation sites (tertiary alicyclic amines) is 1. The first-order valence-electron chi connectivity index (χ1n) is 16.2. The number of aromatic nitrogens is 1. The van der Waals surface area contributed by atoms with Gasteiger partial charge < -0.3 is 18.9 Å². The molecule has 0 bridgehead atoms. The van der Waals surface area contributed by atoms with Gasteiger partial charge in [-0.2, -0.15) is 5.26 Å². The molecule has 1 amide bonds. The molecule has 2 aliphatic heterocycles. The van der Waals surface area contributed by atoms with Gasteiger partial charge in [-0.15, -0.1) is 0 Å².